The maximum atomic E-state index is 13.0. The maximum Gasteiger partial charge on any atom is 0.410 e. The number of amides is 1. The molecule has 0 unspecified atom stereocenters. The molecule has 0 bridgehead atoms. The Hall–Kier alpha value is -1.62. The molecular formula is C15H21FN2O2. The van der Waals surface area contributed by atoms with Gasteiger partial charge < -0.3 is 15.0 Å². The fourth-order valence-corrected chi connectivity index (χ4v) is 1.99. The molecule has 20 heavy (non-hydrogen) atoms. The number of nitrogens with one attached hydrogen (secondary N) is 1. The summed E-state index contributed by atoms with van der Waals surface area (Å²) in [5.41, 5.74) is 0.442. The van der Waals surface area contributed by atoms with Crippen LogP contribution in [0, 0.1) is 5.82 Å². The van der Waals surface area contributed by atoms with E-state index in [2.05, 4.69) is 5.32 Å². The number of rotatable bonds is 3. The first-order chi connectivity index (χ1) is 9.33. The lowest BCUT2D eigenvalue weighted by Gasteiger charge is -2.40. The van der Waals surface area contributed by atoms with E-state index in [1.807, 2.05) is 26.8 Å². The minimum absolute atomic E-state index is 0.228. The number of benzene rings is 1. The van der Waals surface area contributed by atoms with Crippen LogP contribution in [0.5, 0.6) is 0 Å². The number of hydrogen-bond donors (Lipinski definition) is 1. The summed E-state index contributed by atoms with van der Waals surface area (Å²) in [7, 11) is 0. The highest BCUT2D eigenvalue weighted by atomic mass is 19.1. The molecule has 1 aliphatic heterocycles. The molecule has 1 N–H and O–H groups in total. The van der Waals surface area contributed by atoms with Crippen LogP contribution in [0.4, 0.5) is 9.18 Å². The molecule has 0 aliphatic carbocycles. The summed E-state index contributed by atoms with van der Waals surface area (Å²) in [6, 6.07) is 6.75. The molecule has 1 aliphatic rings. The number of halogens is 1. The van der Waals surface area contributed by atoms with Crippen molar-refractivity contribution < 1.29 is 13.9 Å². The van der Waals surface area contributed by atoms with E-state index in [1.165, 1.54) is 12.1 Å². The lowest BCUT2D eigenvalue weighted by molar-refractivity contribution is 0.00519. The Morgan fingerprint density at radius 3 is 2.75 bits per heavy atom. The molecule has 1 heterocycles. The smallest absolute Gasteiger partial charge is 0.410 e. The van der Waals surface area contributed by atoms with Gasteiger partial charge in [-0.2, -0.15) is 0 Å². The van der Waals surface area contributed by atoms with Gasteiger partial charge in [-0.05, 0) is 38.5 Å². The third-order valence-corrected chi connectivity index (χ3v) is 3.02. The zero-order valence-electron chi connectivity index (χ0n) is 12.1. The van der Waals surface area contributed by atoms with E-state index in [0.29, 0.717) is 19.6 Å². The van der Waals surface area contributed by atoms with E-state index in [9.17, 15) is 9.18 Å². The van der Waals surface area contributed by atoms with Gasteiger partial charge >= 0.3 is 6.09 Å². The highest BCUT2D eigenvalue weighted by Crippen LogP contribution is 2.15. The first-order valence-electron chi connectivity index (χ1n) is 6.79. The van der Waals surface area contributed by atoms with Crippen molar-refractivity contribution in [3.8, 4) is 0 Å². The second-order valence-corrected chi connectivity index (χ2v) is 6.09. The summed E-state index contributed by atoms with van der Waals surface area (Å²) < 4.78 is 18.3. The van der Waals surface area contributed by atoms with Gasteiger partial charge in [0.05, 0.1) is 0 Å². The summed E-state index contributed by atoms with van der Waals surface area (Å²) in [5.74, 6) is -0.228. The van der Waals surface area contributed by atoms with E-state index in [-0.39, 0.29) is 18.0 Å². The predicted octanol–water partition coefficient (Wildman–Crippen LogP) is 2.53. The lowest BCUT2D eigenvalue weighted by atomic mass is 10.1. The summed E-state index contributed by atoms with van der Waals surface area (Å²) in [4.78, 5) is 13.4. The van der Waals surface area contributed by atoms with Crippen LogP contribution in [0.2, 0.25) is 0 Å². The van der Waals surface area contributed by atoms with Gasteiger partial charge in [0.25, 0.3) is 0 Å². The molecule has 0 atom stereocenters. The Bertz CT molecular complexity index is 479. The van der Waals surface area contributed by atoms with Crippen LogP contribution in [0.3, 0.4) is 0 Å². The SMILES string of the molecule is CC(C)(C)OC(=O)N1CC(NCc2cccc(F)c2)C1. The standard InChI is InChI=1S/C15H21FN2O2/c1-15(2,3)20-14(19)18-9-13(10-18)17-8-11-5-4-6-12(16)7-11/h4-7,13,17H,8-10H2,1-3H3. The Morgan fingerprint density at radius 1 is 1.45 bits per heavy atom. The van der Waals surface area contributed by atoms with Gasteiger partial charge in [-0.15, -0.1) is 0 Å². The number of nitrogens with zero attached hydrogens (tertiary/aromatic N) is 1. The average Bonchev–Trinajstić information content (AvgIpc) is 2.24. The van der Waals surface area contributed by atoms with Crippen LogP contribution < -0.4 is 5.32 Å². The molecule has 5 heteroatoms. The quantitative estimate of drug-likeness (QED) is 0.925. The van der Waals surface area contributed by atoms with Gasteiger partial charge in [0, 0.05) is 25.7 Å². The third kappa shape index (κ3) is 4.20. The molecule has 4 nitrogen and oxygen atoms in total. The fraction of sp³-hybridized carbons (Fsp3) is 0.533. The van der Waals surface area contributed by atoms with Crippen molar-refractivity contribution >= 4 is 6.09 Å². The molecule has 0 spiro atoms. The van der Waals surface area contributed by atoms with Crippen molar-refractivity contribution in [1.82, 2.24) is 10.2 Å². The molecule has 0 saturated carbocycles. The molecule has 2 rings (SSSR count). The van der Waals surface area contributed by atoms with Crippen LogP contribution in [0.25, 0.3) is 0 Å². The van der Waals surface area contributed by atoms with E-state index in [0.717, 1.165) is 5.56 Å². The monoisotopic (exact) mass is 280 g/mol. The van der Waals surface area contributed by atoms with Crippen LogP contribution >= 0.6 is 0 Å². The van der Waals surface area contributed by atoms with Gasteiger partial charge in [-0.25, -0.2) is 9.18 Å². The van der Waals surface area contributed by atoms with E-state index in [1.54, 1.807) is 11.0 Å². The third-order valence-electron chi connectivity index (χ3n) is 3.02. The van der Waals surface area contributed by atoms with Crippen molar-refractivity contribution in [3.63, 3.8) is 0 Å². The molecule has 1 saturated heterocycles. The van der Waals surface area contributed by atoms with E-state index in [4.69, 9.17) is 4.74 Å². The Kier molecular flexibility index (Phi) is 4.28. The van der Waals surface area contributed by atoms with Crippen LogP contribution in [0.15, 0.2) is 24.3 Å². The number of hydrogen-bond acceptors (Lipinski definition) is 3. The minimum Gasteiger partial charge on any atom is -0.444 e. The Morgan fingerprint density at radius 2 is 2.15 bits per heavy atom. The number of likely N-dealkylation sites (tertiary alicyclic amines) is 1. The molecule has 1 amide bonds. The van der Waals surface area contributed by atoms with E-state index >= 15 is 0 Å². The van der Waals surface area contributed by atoms with Crippen LogP contribution in [-0.4, -0.2) is 35.7 Å². The second-order valence-electron chi connectivity index (χ2n) is 6.09. The van der Waals surface area contributed by atoms with E-state index < -0.39 is 5.60 Å². The zero-order valence-corrected chi connectivity index (χ0v) is 12.1. The maximum absolute atomic E-state index is 13.0. The minimum atomic E-state index is -0.461. The van der Waals surface area contributed by atoms with Gasteiger partial charge in [-0.1, -0.05) is 12.1 Å². The predicted molar refractivity (Wildman–Crippen MR) is 74.8 cm³/mol. The molecule has 1 aromatic carbocycles. The Balaban J connectivity index is 1.71. The molecule has 0 aromatic heterocycles. The van der Waals surface area contributed by atoms with Crippen LogP contribution in [-0.2, 0) is 11.3 Å². The molecular weight excluding hydrogens is 259 g/mol. The van der Waals surface area contributed by atoms with Gasteiger partial charge in [-0.3, -0.25) is 0 Å². The summed E-state index contributed by atoms with van der Waals surface area (Å²) in [6.45, 7) is 7.41. The molecule has 110 valence electrons. The number of carbonyl (C=O) groups is 1. The summed E-state index contributed by atoms with van der Waals surface area (Å²) >= 11 is 0. The average molecular weight is 280 g/mol. The van der Waals surface area contributed by atoms with Gasteiger partial charge in [0.2, 0.25) is 0 Å². The lowest BCUT2D eigenvalue weighted by Crippen LogP contribution is -2.60. The van der Waals surface area contributed by atoms with Crippen molar-refractivity contribution in [3.05, 3.63) is 35.6 Å². The summed E-state index contributed by atoms with van der Waals surface area (Å²) in [5, 5.41) is 3.29. The fourth-order valence-electron chi connectivity index (χ4n) is 1.99. The highest BCUT2D eigenvalue weighted by Gasteiger charge is 2.33. The van der Waals surface area contributed by atoms with Crippen molar-refractivity contribution in [2.24, 2.45) is 0 Å². The van der Waals surface area contributed by atoms with Crippen molar-refractivity contribution in [2.75, 3.05) is 13.1 Å². The molecule has 1 fully saturated rings. The Labute approximate surface area is 118 Å². The van der Waals surface area contributed by atoms with Gasteiger partial charge in [0.15, 0.2) is 0 Å². The molecule has 0 radical (unpaired) electrons. The normalized spacial score (nSPS) is 15.9. The number of carbonyl (C=O) groups excluding carboxylic acids is 1. The first kappa shape index (κ1) is 14.8. The zero-order chi connectivity index (χ0) is 14.8. The largest absolute Gasteiger partial charge is 0.444 e. The topological polar surface area (TPSA) is 41.6 Å². The number of ether oxygens (including phenoxy) is 1. The van der Waals surface area contributed by atoms with Crippen molar-refractivity contribution in [2.45, 2.75) is 39.0 Å². The van der Waals surface area contributed by atoms with Gasteiger partial charge in [0.1, 0.15) is 11.4 Å². The first-order valence-corrected chi connectivity index (χ1v) is 6.79. The van der Waals surface area contributed by atoms with Crippen LogP contribution in [0.1, 0.15) is 26.3 Å². The summed E-state index contributed by atoms with van der Waals surface area (Å²) in [6.07, 6.45) is -0.277. The van der Waals surface area contributed by atoms with Crippen molar-refractivity contribution in [1.29, 1.82) is 0 Å². The second kappa shape index (κ2) is 5.79. The highest BCUT2D eigenvalue weighted by molar-refractivity contribution is 5.69. The molecule has 1 aromatic rings.